The Balaban J connectivity index is 2.11. The molecule has 0 aliphatic carbocycles. The summed E-state index contributed by atoms with van der Waals surface area (Å²) in [5.74, 6) is -2.53. The van der Waals surface area contributed by atoms with Crippen molar-refractivity contribution >= 4 is 34.9 Å². The van der Waals surface area contributed by atoms with Crippen LogP contribution in [-0.2, 0) is 0 Å². The van der Waals surface area contributed by atoms with Gasteiger partial charge in [0.25, 0.3) is 0 Å². The zero-order valence-corrected chi connectivity index (χ0v) is 15.8. The van der Waals surface area contributed by atoms with E-state index in [0.29, 0.717) is 11.5 Å². The largest absolute Gasteiger partial charge is 0.476 e. The number of carbonyl (C=O) groups is 1. The predicted octanol–water partition coefficient (Wildman–Crippen LogP) is 5.07. The number of imidazole rings is 1. The van der Waals surface area contributed by atoms with E-state index in [0.717, 1.165) is 12.1 Å². The quantitative estimate of drug-likeness (QED) is 0.627. The van der Waals surface area contributed by atoms with Crippen molar-refractivity contribution in [2.24, 2.45) is 4.99 Å². The first-order valence-corrected chi connectivity index (χ1v) is 8.88. The monoisotopic (exact) mass is 421 g/mol. The van der Waals surface area contributed by atoms with E-state index in [1.54, 1.807) is 13.0 Å². The highest BCUT2D eigenvalue weighted by Gasteiger charge is 2.30. The van der Waals surface area contributed by atoms with Gasteiger partial charge in [-0.15, -0.1) is 0 Å². The zero-order chi connectivity index (χ0) is 20.2. The molecule has 0 amide bonds. The van der Waals surface area contributed by atoms with Crippen LogP contribution in [0.15, 0.2) is 41.5 Å². The molecule has 0 saturated carbocycles. The van der Waals surface area contributed by atoms with Crippen LogP contribution in [0.25, 0.3) is 5.69 Å². The van der Waals surface area contributed by atoms with E-state index in [2.05, 4.69) is 9.98 Å². The highest BCUT2D eigenvalue weighted by molar-refractivity contribution is 6.45. The third-order valence-corrected chi connectivity index (χ3v) is 5.22. The van der Waals surface area contributed by atoms with Crippen molar-refractivity contribution in [1.82, 2.24) is 9.55 Å². The van der Waals surface area contributed by atoms with Gasteiger partial charge in [-0.1, -0.05) is 29.3 Å². The van der Waals surface area contributed by atoms with Crippen LogP contribution in [-0.4, -0.2) is 26.3 Å². The zero-order valence-electron chi connectivity index (χ0n) is 14.3. The van der Waals surface area contributed by atoms with Gasteiger partial charge in [0, 0.05) is 11.8 Å². The molecular formula is C19H11Cl2F2N3O2. The number of hydrogen-bond donors (Lipinski definition) is 1. The number of fused-ring (bicyclic) bond motifs is 3. The van der Waals surface area contributed by atoms with E-state index in [-0.39, 0.29) is 32.6 Å². The molecule has 1 N–H and O–H groups in total. The van der Waals surface area contributed by atoms with Crippen LogP contribution in [0.2, 0.25) is 10.0 Å². The van der Waals surface area contributed by atoms with Gasteiger partial charge in [-0.05, 0) is 31.2 Å². The molecule has 4 rings (SSSR count). The molecule has 28 heavy (non-hydrogen) atoms. The van der Waals surface area contributed by atoms with Gasteiger partial charge < -0.3 is 9.67 Å². The minimum Gasteiger partial charge on any atom is -0.476 e. The second-order valence-electron chi connectivity index (χ2n) is 6.17. The van der Waals surface area contributed by atoms with Gasteiger partial charge in [-0.25, -0.2) is 18.6 Å². The van der Waals surface area contributed by atoms with Gasteiger partial charge in [-0.3, -0.25) is 4.99 Å². The fraction of sp³-hybridized carbons (Fsp3) is 0.105. The SMILES string of the molecule is CC1N=C(c2c(F)cccc2F)c2c(ccc(Cl)c2Cl)-n2cc(C(=O)O)nc21. The molecule has 9 heteroatoms. The van der Waals surface area contributed by atoms with E-state index in [1.165, 1.54) is 22.9 Å². The van der Waals surface area contributed by atoms with Gasteiger partial charge in [0.2, 0.25) is 0 Å². The Morgan fingerprint density at radius 1 is 1.14 bits per heavy atom. The molecular weight excluding hydrogens is 411 g/mol. The Hall–Kier alpha value is -2.77. The first kappa shape index (κ1) is 18.6. The Morgan fingerprint density at radius 3 is 2.46 bits per heavy atom. The fourth-order valence-electron chi connectivity index (χ4n) is 3.18. The Labute approximate surface area is 167 Å². The van der Waals surface area contributed by atoms with Crippen LogP contribution in [0, 0.1) is 11.6 Å². The van der Waals surface area contributed by atoms with Crippen LogP contribution in [0.3, 0.4) is 0 Å². The Morgan fingerprint density at radius 2 is 1.82 bits per heavy atom. The number of carboxylic acids is 1. The first-order valence-electron chi connectivity index (χ1n) is 8.13. The number of aliphatic imine (C=N–C) groups is 1. The molecule has 0 fully saturated rings. The van der Waals surface area contributed by atoms with Gasteiger partial charge in [-0.2, -0.15) is 0 Å². The van der Waals surface area contributed by atoms with E-state index >= 15 is 0 Å². The van der Waals surface area contributed by atoms with Crippen LogP contribution in [0.5, 0.6) is 0 Å². The summed E-state index contributed by atoms with van der Waals surface area (Å²) < 4.78 is 30.6. The molecule has 2 heterocycles. The maximum absolute atomic E-state index is 14.5. The number of benzene rings is 2. The summed E-state index contributed by atoms with van der Waals surface area (Å²) in [6.07, 6.45) is 1.31. The molecule has 3 aromatic rings. The van der Waals surface area contributed by atoms with Crippen molar-refractivity contribution in [2.75, 3.05) is 0 Å². The van der Waals surface area contributed by atoms with Crippen molar-refractivity contribution in [3.63, 3.8) is 0 Å². The summed E-state index contributed by atoms with van der Waals surface area (Å²) in [4.78, 5) is 19.9. The highest BCUT2D eigenvalue weighted by Crippen LogP contribution is 2.38. The van der Waals surface area contributed by atoms with Crippen molar-refractivity contribution in [3.8, 4) is 5.69 Å². The van der Waals surface area contributed by atoms with Crippen LogP contribution < -0.4 is 0 Å². The Bertz CT molecular complexity index is 1150. The highest BCUT2D eigenvalue weighted by atomic mass is 35.5. The summed E-state index contributed by atoms with van der Waals surface area (Å²) >= 11 is 12.6. The fourth-order valence-corrected chi connectivity index (χ4v) is 3.59. The molecule has 1 aliphatic heterocycles. The van der Waals surface area contributed by atoms with Gasteiger partial charge in [0.05, 0.1) is 27.0 Å². The maximum atomic E-state index is 14.5. The predicted molar refractivity (Wildman–Crippen MR) is 101 cm³/mol. The molecule has 0 saturated heterocycles. The average Bonchev–Trinajstić information content (AvgIpc) is 3.04. The lowest BCUT2D eigenvalue weighted by atomic mass is 9.99. The molecule has 0 bridgehead atoms. The standard InChI is InChI=1S/C19H11Cl2F2N3O2/c1-8-18-25-12(19(27)28)7-26(18)13-6-5-9(20)16(21)15(13)17(24-8)14-10(22)3-2-4-11(14)23/h2-8H,1H3,(H,27,28). The van der Waals surface area contributed by atoms with Crippen molar-refractivity contribution in [1.29, 1.82) is 0 Å². The number of nitrogens with zero attached hydrogens (tertiary/aromatic N) is 3. The maximum Gasteiger partial charge on any atom is 0.356 e. The number of aromatic carboxylic acids is 1. The third kappa shape index (κ3) is 2.78. The second-order valence-corrected chi connectivity index (χ2v) is 6.95. The van der Waals surface area contributed by atoms with Crippen LogP contribution >= 0.6 is 23.2 Å². The first-order chi connectivity index (χ1) is 13.3. The molecule has 2 aromatic carbocycles. The molecule has 5 nitrogen and oxygen atoms in total. The normalized spacial score (nSPS) is 15.5. The molecule has 1 atom stereocenters. The van der Waals surface area contributed by atoms with Crippen LogP contribution in [0.1, 0.15) is 40.4 Å². The number of halogens is 4. The van der Waals surface area contributed by atoms with E-state index in [9.17, 15) is 18.7 Å². The van der Waals surface area contributed by atoms with Gasteiger partial charge in [0.15, 0.2) is 5.69 Å². The lowest BCUT2D eigenvalue weighted by Gasteiger charge is -2.15. The Kier molecular flexibility index (Phi) is 4.44. The minimum absolute atomic E-state index is 0.0204. The minimum atomic E-state index is -1.21. The summed E-state index contributed by atoms with van der Waals surface area (Å²) in [6.45, 7) is 1.64. The summed E-state index contributed by atoms with van der Waals surface area (Å²) in [5.41, 5.74) is 0.0137. The van der Waals surface area contributed by atoms with Gasteiger partial charge in [0.1, 0.15) is 23.5 Å². The lowest BCUT2D eigenvalue weighted by molar-refractivity contribution is 0.0691. The van der Waals surface area contributed by atoms with Crippen molar-refractivity contribution in [3.05, 3.63) is 80.9 Å². The number of aromatic nitrogens is 2. The number of rotatable bonds is 2. The van der Waals surface area contributed by atoms with Crippen molar-refractivity contribution in [2.45, 2.75) is 13.0 Å². The molecule has 142 valence electrons. The second kappa shape index (κ2) is 6.68. The number of hydrogen-bond acceptors (Lipinski definition) is 3. The van der Waals surface area contributed by atoms with Gasteiger partial charge >= 0.3 is 5.97 Å². The summed E-state index contributed by atoms with van der Waals surface area (Å²) in [6, 6.07) is 5.87. The topological polar surface area (TPSA) is 67.5 Å². The lowest BCUT2D eigenvalue weighted by Crippen LogP contribution is -2.12. The average molecular weight is 422 g/mol. The van der Waals surface area contributed by atoms with E-state index in [4.69, 9.17) is 23.2 Å². The molecule has 0 spiro atoms. The third-order valence-electron chi connectivity index (χ3n) is 4.42. The van der Waals surface area contributed by atoms with Crippen LogP contribution in [0.4, 0.5) is 8.78 Å². The van der Waals surface area contributed by atoms with E-state index < -0.39 is 23.6 Å². The van der Waals surface area contributed by atoms with Crippen molar-refractivity contribution < 1.29 is 18.7 Å². The van der Waals surface area contributed by atoms with E-state index in [1.807, 2.05) is 0 Å². The molecule has 1 aliphatic rings. The molecule has 1 unspecified atom stereocenters. The summed E-state index contributed by atoms with van der Waals surface area (Å²) in [5, 5.41) is 9.50. The molecule has 0 radical (unpaired) electrons. The summed E-state index contributed by atoms with van der Waals surface area (Å²) in [7, 11) is 0. The molecule has 1 aromatic heterocycles. The number of carboxylic acid groups (broad SMARTS) is 1. The smallest absolute Gasteiger partial charge is 0.356 e.